The number of ether oxygens (including phenoxy) is 1. The molecule has 7 heteroatoms. The second-order valence-corrected chi connectivity index (χ2v) is 5.83. The molecule has 0 bridgehead atoms. The van der Waals surface area contributed by atoms with Crippen LogP contribution in [0.4, 0.5) is 24.5 Å². The standard InChI is InChI=1S/C17H17F3N2OS/c1-10-8-11(2)15(12(3)9-10)22-16(24)21-13-4-6-14(7-5-13)23-17(18,19)20/h4-9H,1-3H3,(H2,21,22,24). The molecule has 0 aliphatic rings. The number of halogens is 3. The molecule has 2 N–H and O–H groups in total. The summed E-state index contributed by atoms with van der Waals surface area (Å²) in [6.07, 6.45) is -4.70. The highest BCUT2D eigenvalue weighted by Crippen LogP contribution is 2.25. The highest BCUT2D eigenvalue weighted by atomic mass is 32.1. The number of rotatable bonds is 3. The van der Waals surface area contributed by atoms with E-state index in [-0.39, 0.29) is 5.75 Å². The Hall–Kier alpha value is -2.28. The molecule has 2 aromatic rings. The van der Waals surface area contributed by atoms with Gasteiger partial charge in [0, 0.05) is 11.4 Å². The van der Waals surface area contributed by atoms with Gasteiger partial charge in [-0.05, 0) is 68.4 Å². The molecule has 0 heterocycles. The predicted molar refractivity (Wildman–Crippen MR) is 93.6 cm³/mol. The van der Waals surface area contributed by atoms with Gasteiger partial charge in [-0.3, -0.25) is 0 Å². The molecule has 2 rings (SSSR count). The maximum atomic E-state index is 12.1. The molecule has 0 atom stereocenters. The molecule has 0 saturated carbocycles. The van der Waals surface area contributed by atoms with Gasteiger partial charge >= 0.3 is 6.36 Å². The van der Waals surface area contributed by atoms with E-state index in [0.29, 0.717) is 10.8 Å². The van der Waals surface area contributed by atoms with Gasteiger partial charge in [0.1, 0.15) is 5.75 Å². The second-order valence-electron chi connectivity index (χ2n) is 5.43. The van der Waals surface area contributed by atoms with E-state index in [9.17, 15) is 13.2 Å². The van der Waals surface area contributed by atoms with Gasteiger partial charge < -0.3 is 15.4 Å². The van der Waals surface area contributed by atoms with Crippen molar-refractivity contribution in [2.75, 3.05) is 10.6 Å². The molecule has 24 heavy (non-hydrogen) atoms. The quantitative estimate of drug-likeness (QED) is 0.731. The van der Waals surface area contributed by atoms with Crippen LogP contribution in [-0.2, 0) is 0 Å². The first-order valence-corrected chi connectivity index (χ1v) is 7.56. The van der Waals surface area contributed by atoms with E-state index >= 15 is 0 Å². The van der Waals surface area contributed by atoms with Crippen molar-refractivity contribution in [2.24, 2.45) is 0 Å². The normalized spacial score (nSPS) is 11.1. The zero-order valence-electron chi connectivity index (χ0n) is 13.4. The number of aryl methyl sites for hydroxylation is 3. The van der Waals surface area contributed by atoms with E-state index in [2.05, 4.69) is 15.4 Å². The summed E-state index contributed by atoms with van der Waals surface area (Å²) in [7, 11) is 0. The van der Waals surface area contributed by atoms with Crippen LogP contribution in [0.15, 0.2) is 36.4 Å². The molecule has 0 spiro atoms. The zero-order chi connectivity index (χ0) is 17.9. The summed E-state index contributed by atoms with van der Waals surface area (Å²) in [5.41, 5.74) is 4.75. The molecule has 0 unspecified atom stereocenters. The molecule has 128 valence electrons. The predicted octanol–water partition coefficient (Wildman–Crippen LogP) is 5.32. The van der Waals surface area contributed by atoms with Crippen LogP contribution in [-0.4, -0.2) is 11.5 Å². The summed E-state index contributed by atoms with van der Waals surface area (Å²) in [4.78, 5) is 0. The molecule has 0 radical (unpaired) electrons. The lowest BCUT2D eigenvalue weighted by molar-refractivity contribution is -0.274. The van der Waals surface area contributed by atoms with Crippen molar-refractivity contribution in [2.45, 2.75) is 27.1 Å². The summed E-state index contributed by atoms with van der Waals surface area (Å²) >= 11 is 5.26. The minimum Gasteiger partial charge on any atom is -0.406 e. The smallest absolute Gasteiger partial charge is 0.406 e. The van der Waals surface area contributed by atoms with Gasteiger partial charge in [0.05, 0.1) is 0 Å². The number of alkyl halides is 3. The van der Waals surface area contributed by atoms with Crippen molar-refractivity contribution in [3.05, 3.63) is 53.1 Å². The zero-order valence-corrected chi connectivity index (χ0v) is 14.2. The largest absolute Gasteiger partial charge is 0.573 e. The summed E-state index contributed by atoms with van der Waals surface area (Å²) in [5.74, 6) is -0.280. The van der Waals surface area contributed by atoms with Crippen LogP contribution in [0.3, 0.4) is 0 Å². The number of thiocarbonyl (C=S) groups is 1. The fourth-order valence-electron chi connectivity index (χ4n) is 2.39. The van der Waals surface area contributed by atoms with Crippen molar-refractivity contribution in [1.82, 2.24) is 0 Å². The third-order valence-electron chi connectivity index (χ3n) is 3.26. The molecule has 0 fully saturated rings. The second kappa shape index (κ2) is 7.09. The van der Waals surface area contributed by atoms with E-state index < -0.39 is 6.36 Å². The Bertz CT molecular complexity index is 719. The maximum absolute atomic E-state index is 12.1. The van der Waals surface area contributed by atoms with Crippen molar-refractivity contribution in [3.63, 3.8) is 0 Å². The highest BCUT2D eigenvalue weighted by Gasteiger charge is 2.30. The molecule has 0 amide bonds. The van der Waals surface area contributed by atoms with Gasteiger partial charge in [-0.1, -0.05) is 17.7 Å². The molecular formula is C17H17F3N2OS. The summed E-state index contributed by atoms with van der Waals surface area (Å²) < 4.78 is 40.2. The summed E-state index contributed by atoms with van der Waals surface area (Å²) in [6.45, 7) is 5.98. The highest BCUT2D eigenvalue weighted by molar-refractivity contribution is 7.80. The van der Waals surface area contributed by atoms with Gasteiger partial charge in [0.15, 0.2) is 5.11 Å². The molecule has 0 aliphatic carbocycles. The van der Waals surface area contributed by atoms with E-state index in [1.54, 1.807) is 0 Å². The van der Waals surface area contributed by atoms with E-state index in [4.69, 9.17) is 12.2 Å². The van der Waals surface area contributed by atoms with Crippen LogP contribution >= 0.6 is 12.2 Å². The SMILES string of the molecule is Cc1cc(C)c(NC(=S)Nc2ccc(OC(F)(F)F)cc2)c(C)c1. The van der Waals surface area contributed by atoms with E-state index in [0.717, 1.165) is 22.4 Å². The number of hydrogen-bond donors (Lipinski definition) is 2. The Labute approximate surface area is 143 Å². The maximum Gasteiger partial charge on any atom is 0.573 e. The molecule has 3 nitrogen and oxygen atoms in total. The Morgan fingerprint density at radius 2 is 1.50 bits per heavy atom. The van der Waals surface area contributed by atoms with Gasteiger partial charge in [-0.15, -0.1) is 13.2 Å². The monoisotopic (exact) mass is 354 g/mol. The first-order chi connectivity index (χ1) is 11.1. The third kappa shape index (κ3) is 5.13. The van der Waals surface area contributed by atoms with Gasteiger partial charge in [0.25, 0.3) is 0 Å². The lowest BCUT2D eigenvalue weighted by atomic mass is 10.1. The van der Waals surface area contributed by atoms with E-state index in [1.165, 1.54) is 24.3 Å². The molecular weight excluding hydrogens is 337 g/mol. The summed E-state index contributed by atoms with van der Waals surface area (Å²) in [6, 6.07) is 9.46. The average Bonchev–Trinajstić information content (AvgIpc) is 2.43. The number of anilines is 2. The Kier molecular flexibility index (Phi) is 5.33. The Morgan fingerprint density at radius 3 is 2.00 bits per heavy atom. The molecule has 0 aromatic heterocycles. The van der Waals surface area contributed by atoms with Crippen molar-refractivity contribution < 1.29 is 17.9 Å². The average molecular weight is 354 g/mol. The molecule has 0 aliphatic heterocycles. The number of nitrogens with one attached hydrogen (secondary N) is 2. The Balaban J connectivity index is 2.03. The summed E-state index contributed by atoms with van der Waals surface area (Å²) in [5, 5.41) is 6.41. The number of hydrogen-bond acceptors (Lipinski definition) is 2. The minimum atomic E-state index is -4.70. The van der Waals surface area contributed by atoms with Crippen molar-refractivity contribution in [3.8, 4) is 5.75 Å². The molecule has 0 saturated heterocycles. The molecule has 2 aromatic carbocycles. The van der Waals surface area contributed by atoms with Crippen LogP contribution in [0.5, 0.6) is 5.75 Å². The lowest BCUT2D eigenvalue weighted by Gasteiger charge is -2.16. The lowest BCUT2D eigenvalue weighted by Crippen LogP contribution is -2.20. The fraction of sp³-hybridized carbons (Fsp3) is 0.235. The van der Waals surface area contributed by atoms with Crippen LogP contribution in [0.25, 0.3) is 0 Å². The third-order valence-corrected chi connectivity index (χ3v) is 3.47. The Morgan fingerprint density at radius 1 is 0.958 bits per heavy atom. The van der Waals surface area contributed by atoms with Crippen LogP contribution in [0, 0.1) is 20.8 Å². The van der Waals surface area contributed by atoms with Crippen LogP contribution in [0.2, 0.25) is 0 Å². The van der Waals surface area contributed by atoms with Crippen LogP contribution < -0.4 is 15.4 Å². The first kappa shape index (κ1) is 18.1. The first-order valence-electron chi connectivity index (χ1n) is 7.16. The minimum absolute atomic E-state index is 0.280. The fourth-order valence-corrected chi connectivity index (χ4v) is 2.61. The number of benzene rings is 2. The van der Waals surface area contributed by atoms with Gasteiger partial charge in [-0.25, -0.2) is 0 Å². The van der Waals surface area contributed by atoms with Gasteiger partial charge in [0.2, 0.25) is 0 Å². The van der Waals surface area contributed by atoms with E-state index in [1.807, 2.05) is 32.9 Å². The van der Waals surface area contributed by atoms with Crippen molar-refractivity contribution in [1.29, 1.82) is 0 Å². The van der Waals surface area contributed by atoms with Crippen LogP contribution in [0.1, 0.15) is 16.7 Å². The van der Waals surface area contributed by atoms with Gasteiger partial charge in [-0.2, -0.15) is 0 Å². The van der Waals surface area contributed by atoms with Crippen molar-refractivity contribution >= 4 is 28.7 Å². The topological polar surface area (TPSA) is 33.3 Å².